The van der Waals surface area contributed by atoms with Crippen LogP contribution in [0.2, 0.25) is 0 Å². The molecule has 0 spiro atoms. The Hall–Kier alpha value is -2.83. The van der Waals surface area contributed by atoms with Gasteiger partial charge in [-0.2, -0.15) is 0 Å². The molecule has 0 aromatic heterocycles. The maximum Gasteiger partial charge on any atom is 0.245 e. The van der Waals surface area contributed by atoms with Crippen molar-refractivity contribution in [2.24, 2.45) is 0 Å². The monoisotopic (exact) mass is 387 g/mol. The Balaban J connectivity index is 1.40. The Bertz CT molecular complexity index is 882. The van der Waals surface area contributed by atoms with Crippen LogP contribution in [0.25, 0.3) is 0 Å². The van der Waals surface area contributed by atoms with Crippen molar-refractivity contribution in [3.8, 4) is 5.75 Å². The summed E-state index contributed by atoms with van der Waals surface area (Å²) in [4.78, 5) is 16.9. The van der Waals surface area contributed by atoms with Crippen LogP contribution < -0.4 is 15.0 Å². The van der Waals surface area contributed by atoms with Crippen LogP contribution in [0.15, 0.2) is 36.4 Å². The first-order chi connectivity index (χ1) is 13.6. The number of carbonyl (C=O) groups is 1. The lowest BCUT2D eigenvalue weighted by Crippen LogP contribution is -2.53. The summed E-state index contributed by atoms with van der Waals surface area (Å²) in [5, 5.41) is 3.20. The zero-order valence-corrected chi connectivity index (χ0v) is 15.8. The van der Waals surface area contributed by atoms with E-state index < -0.39 is 0 Å². The first-order valence-corrected chi connectivity index (χ1v) is 9.48. The van der Waals surface area contributed by atoms with E-state index in [2.05, 4.69) is 10.2 Å². The molecule has 148 valence electrons. The molecular weight excluding hydrogens is 364 g/mol. The predicted molar refractivity (Wildman–Crippen MR) is 104 cm³/mol. The first-order valence-electron chi connectivity index (χ1n) is 9.48. The lowest BCUT2D eigenvalue weighted by Gasteiger charge is -2.39. The van der Waals surface area contributed by atoms with Gasteiger partial charge in [0.25, 0.3) is 0 Å². The Kier molecular flexibility index (Phi) is 5.07. The van der Waals surface area contributed by atoms with Gasteiger partial charge in [-0.15, -0.1) is 0 Å². The Labute approximate surface area is 162 Å². The van der Waals surface area contributed by atoms with Crippen LogP contribution >= 0.6 is 0 Å². The fourth-order valence-electron chi connectivity index (χ4n) is 3.98. The number of amides is 1. The second kappa shape index (κ2) is 7.66. The predicted octanol–water partition coefficient (Wildman–Crippen LogP) is 3.05. The molecule has 0 radical (unpaired) electrons. The average molecular weight is 387 g/mol. The molecule has 2 heterocycles. The van der Waals surface area contributed by atoms with E-state index >= 15 is 0 Å². The number of hydrogen-bond acceptors (Lipinski definition) is 4. The number of halogens is 2. The number of methoxy groups -OCH3 is 1. The lowest BCUT2D eigenvalue weighted by molar-refractivity contribution is -0.132. The van der Waals surface area contributed by atoms with Crippen LogP contribution in [-0.2, 0) is 11.2 Å². The van der Waals surface area contributed by atoms with Crippen molar-refractivity contribution < 1.29 is 18.3 Å². The summed E-state index contributed by atoms with van der Waals surface area (Å²) in [6.45, 7) is 2.44. The highest BCUT2D eigenvalue weighted by molar-refractivity contribution is 5.86. The van der Waals surface area contributed by atoms with E-state index in [0.717, 1.165) is 5.69 Å². The normalized spacial score (nSPS) is 19.0. The van der Waals surface area contributed by atoms with Crippen LogP contribution in [0.5, 0.6) is 5.75 Å². The third-order valence-corrected chi connectivity index (χ3v) is 5.50. The van der Waals surface area contributed by atoms with Gasteiger partial charge in [0.2, 0.25) is 5.91 Å². The molecular formula is C21H23F2N3O2. The van der Waals surface area contributed by atoms with Crippen molar-refractivity contribution in [3.05, 3.63) is 53.6 Å². The molecule has 1 N–H and O–H groups in total. The van der Waals surface area contributed by atoms with Gasteiger partial charge in [-0.25, -0.2) is 8.78 Å². The fraction of sp³-hybridized carbons (Fsp3) is 0.381. The van der Waals surface area contributed by atoms with E-state index in [4.69, 9.17) is 4.74 Å². The summed E-state index contributed by atoms with van der Waals surface area (Å²) < 4.78 is 32.6. The van der Waals surface area contributed by atoms with Crippen molar-refractivity contribution in [1.29, 1.82) is 0 Å². The number of hydrogen-bond donors (Lipinski definition) is 1. The maximum atomic E-state index is 13.9. The minimum Gasteiger partial charge on any atom is -0.494 e. The van der Waals surface area contributed by atoms with Gasteiger partial charge in [-0.05, 0) is 37.1 Å². The van der Waals surface area contributed by atoms with E-state index in [1.807, 2.05) is 11.0 Å². The minimum absolute atomic E-state index is 0.0423. The fourth-order valence-corrected chi connectivity index (χ4v) is 3.98. The lowest BCUT2D eigenvalue weighted by atomic mass is 9.96. The molecule has 0 saturated carbocycles. The molecule has 7 heteroatoms. The van der Waals surface area contributed by atoms with E-state index in [0.29, 0.717) is 56.0 Å². The van der Waals surface area contributed by atoms with Gasteiger partial charge < -0.3 is 19.9 Å². The molecule has 1 amide bonds. The van der Waals surface area contributed by atoms with Gasteiger partial charge in [0.1, 0.15) is 23.4 Å². The number of piperazine rings is 1. The Morgan fingerprint density at radius 2 is 1.93 bits per heavy atom. The molecule has 1 saturated heterocycles. The molecule has 2 aromatic carbocycles. The number of ether oxygens (including phenoxy) is 1. The molecule has 1 unspecified atom stereocenters. The number of nitrogens with one attached hydrogen (secondary N) is 1. The first kappa shape index (κ1) is 18.5. The highest BCUT2D eigenvalue weighted by Gasteiger charge is 2.31. The van der Waals surface area contributed by atoms with Crippen LogP contribution in [0.3, 0.4) is 0 Å². The van der Waals surface area contributed by atoms with Crippen molar-refractivity contribution in [2.75, 3.05) is 43.5 Å². The molecule has 4 rings (SSSR count). The summed E-state index contributed by atoms with van der Waals surface area (Å²) in [6, 6.07) is 9.08. The molecule has 1 atom stereocenters. The molecule has 0 bridgehead atoms. The van der Waals surface area contributed by atoms with Gasteiger partial charge in [0, 0.05) is 43.5 Å². The van der Waals surface area contributed by atoms with Crippen molar-refractivity contribution >= 4 is 17.3 Å². The average Bonchev–Trinajstić information content (AvgIpc) is 2.73. The molecule has 2 aliphatic heterocycles. The maximum absolute atomic E-state index is 13.9. The van der Waals surface area contributed by atoms with Crippen LogP contribution in [0, 0.1) is 11.6 Å². The zero-order valence-electron chi connectivity index (χ0n) is 15.8. The summed E-state index contributed by atoms with van der Waals surface area (Å²) in [6.07, 6.45) is 1.14. The Morgan fingerprint density at radius 3 is 2.68 bits per heavy atom. The van der Waals surface area contributed by atoms with Gasteiger partial charge in [0.15, 0.2) is 0 Å². The van der Waals surface area contributed by atoms with Crippen LogP contribution in [0.4, 0.5) is 20.2 Å². The number of carbonyl (C=O) groups excluding carboxylic acids is 1. The SMILES string of the molecule is COc1cc(F)ccc1N1CCN(C(=O)C2CCc3c(F)cccc3N2)CC1. The number of benzene rings is 2. The van der Waals surface area contributed by atoms with E-state index in [-0.39, 0.29) is 23.6 Å². The van der Waals surface area contributed by atoms with E-state index in [9.17, 15) is 13.6 Å². The Morgan fingerprint density at radius 1 is 1.14 bits per heavy atom. The second-order valence-electron chi connectivity index (χ2n) is 7.13. The second-order valence-corrected chi connectivity index (χ2v) is 7.13. The third kappa shape index (κ3) is 3.48. The smallest absolute Gasteiger partial charge is 0.245 e. The molecule has 2 aromatic rings. The standard InChI is InChI=1S/C21H23F2N3O2/c1-28-20-13-14(22)5-8-19(20)25-9-11-26(12-10-25)21(27)18-7-6-15-16(23)3-2-4-17(15)24-18/h2-5,8,13,18,24H,6-7,9-12H2,1H3. The highest BCUT2D eigenvalue weighted by Crippen LogP contribution is 2.31. The van der Waals surface area contributed by atoms with Gasteiger partial charge >= 0.3 is 0 Å². The topological polar surface area (TPSA) is 44.8 Å². The number of fused-ring (bicyclic) bond motifs is 1. The molecule has 28 heavy (non-hydrogen) atoms. The quantitative estimate of drug-likeness (QED) is 0.879. The molecule has 1 fully saturated rings. The third-order valence-electron chi connectivity index (χ3n) is 5.50. The summed E-state index contributed by atoms with van der Waals surface area (Å²) in [5.74, 6) is -0.0275. The van der Waals surface area contributed by atoms with E-state index in [1.54, 1.807) is 12.1 Å². The zero-order chi connectivity index (χ0) is 19.7. The molecule has 5 nitrogen and oxygen atoms in total. The highest BCUT2D eigenvalue weighted by atomic mass is 19.1. The summed E-state index contributed by atoms with van der Waals surface area (Å²) in [7, 11) is 1.52. The number of nitrogens with zero attached hydrogens (tertiary/aromatic N) is 2. The van der Waals surface area contributed by atoms with Gasteiger partial charge in [-0.3, -0.25) is 4.79 Å². The van der Waals surface area contributed by atoms with Crippen molar-refractivity contribution in [3.63, 3.8) is 0 Å². The largest absolute Gasteiger partial charge is 0.494 e. The molecule has 0 aliphatic carbocycles. The number of rotatable bonds is 3. The van der Waals surface area contributed by atoms with E-state index in [1.165, 1.54) is 25.3 Å². The summed E-state index contributed by atoms with van der Waals surface area (Å²) >= 11 is 0. The van der Waals surface area contributed by atoms with Crippen molar-refractivity contribution in [2.45, 2.75) is 18.9 Å². The molecule has 2 aliphatic rings. The van der Waals surface area contributed by atoms with Gasteiger partial charge in [0.05, 0.1) is 12.8 Å². The minimum atomic E-state index is -0.338. The van der Waals surface area contributed by atoms with Gasteiger partial charge in [-0.1, -0.05) is 6.07 Å². The van der Waals surface area contributed by atoms with Crippen LogP contribution in [0.1, 0.15) is 12.0 Å². The summed E-state index contributed by atoms with van der Waals surface area (Å²) in [5.41, 5.74) is 2.19. The van der Waals surface area contributed by atoms with Crippen molar-refractivity contribution in [1.82, 2.24) is 4.90 Å². The number of anilines is 2. The van der Waals surface area contributed by atoms with Crippen LogP contribution in [-0.4, -0.2) is 50.1 Å².